The van der Waals surface area contributed by atoms with Crippen molar-refractivity contribution in [3.05, 3.63) is 77.4 Å². The van der Waals surface area contributed by atoms with Crippen LogP contribution in [0.3, 0.4) is 0 Å². The molecular weight excluding hydrogens is 344 g/mol. The second kappa shape index (κ2) is 7.51. The molecule has 0 aliphatic carbocycles. The first kappa shape index (κ1) is 17.2. The van der Waals surface area contributed by atoms with Gasteiger partial charge in [0.05, 0.1) is 11.9 Å². The first-order valence-electron chi connectivity index (χ1n) is 7.52. The maximum absolute atomic E-state index is 13.7. The van der Waals surface area contributed by atoms with Crippen LogP contribution in [0.4, 0.5) is 14.5 Å². The zero-order valence-corrected chi connectivity index (χ0v) is 13.3. The lowest BCUT2D eigenvalue weighted by atomic mass is 10.2. The lowest BCUT2D eigenvalue weighted by Gasteiger charge is -2.08. The van der Waals surface area contributed by atoms with Gasteiger partial charge in [0.25, 0.3) is 11.8 Å². The summed E-state index contributed by atoms with van der Waals surface area (Å²) in [6.45, 7) is 0.209. The van der Waals surface area contributed by atoms with Crippen molar-refractivity contribution in [3.8, 4) is 0 Å². The Bertz CT molecular complexity index is 929. The maximum Gasteiger partial charge on any atom is 0.271 e. The average Bonchev–Trinajstić information content (AvgIpc) is 3.08. The zero-order chi connectivity index (χ0) is 18.5. The summed E-state index contributed by atoms with van der Waals surface area (Å²) >= 11 is 0. The Morgan fingerprint density at radius 1 is 1.08 bits per heavy atom. The first-order chi connectivity index (χ1) is 12.6. The maximum atomic E-state index is 13.7. The number of H-pyrrole nitrogens is 1. The number of anilines is 1. The van der Waals surface area contributed by atoms with Crippen molar-refractivity contribution in [1.82, 2.24) is 20.5 Å². The molecule has 0 saturated carbocycles. The van der Waals surface area contributed by atoms with Gasteiger partial charge < -0.3 is 10.6 Å². The highest BCUT2D eigenvalue weighted by atomic mass is 19.1. The first-order valence-corrected chi connectivity index (χ1v) is 7.52. The molecule has 9 heteroatoms. The van der Waals surface area contributed by atoms with Gasteiger partial charge >= 0.3 is 0 Å². The summed E-state index contributed by atoms with van der Waals surface area (Å²) in [5.41, 5.74) is -0.00451. The molecule has 3 aromatic rings. The number of carbonyl (C=O) groups is 2. The number of amides is 2. The second-order valence-corrected chi connectivity index (χ2v) is 5.25. The molecule has 0 aliphatic heterocycles. The molecule has 7 nitrogen and oxygen atoms in total. The largest absolute Gasteiger partial charge is 0.347 e. The van der Waals surface area contributed by atoms with Crippen LogP contribution in [0.15, 0.2) is 48.9 Å². The van der Waals surface area contributed by atoms with Crippen molar-refractivity contribution < 1.29 is 19.8 Å². The molecule has 0 aliphatic rings. The minimum Gasteiger partial charge on any atom is -0.347 e. The van der Waals surface area contributed by atoms with Gasteiger partial charge in [-0.05, 0) is 23.8 Å². The van der Waals surface area contributed by atoms with E-state index in [0.717, 1.165) is 23.8 Å². The van der Waals surface area contributed by atoms with E-state index in [1.807, 2.05) is 0 Å². The number of pyridine rings is 1. The van der Waals surface area contributed by atoms with Crippen LogP contribution in [0.5, 0.6) is 0 Å². The molecule has 1 aromatic carbocycles. The van der Waals surface area contributed by atoms with Gasteiger partial charge in [0, 0.05) is 20.4 Å². The van der Waals surface area contributed by atoms with Crippen LogP contribution in [0.1, 0.15) is 27.8 Å². The summed E-state index contributed by atoms with van der Waals surface area (Å²) < 4.78 is 27.4. The van der Waals surface area contributed by atoms with E-state index in [4.69, 9.17) is 0 Å². The number of hydrogen-bond acceptors (Lipinski definition) is 4. The summed E-state index contributed by atoms with van der Waals surface area (Å²) in [6.07, 6.45) is 4.38. The van der Waals surface area contributed by atoms with Crippen LogP contribution in [-0.2, 0) is 6.54 Å². The molecule has 0 unspecified atom stereocenters. The molecule has 3 N–H and O–H groups in total. The molecule has 26 heavy (non-hydrogen) atoms. The summed E-state index contributed by atoms with van der Waals surface area (Å²) in [7, 11) is 0. The number of nitrogens with zero attached hydrogens (tertiary/aromatic N) is 2. The van der Waals surface area contributed by atoms with Gasteiger partial charge in [-0.25, -0.2) is 8.78 Å². The third-order valence-corrected chi connectivity index (χ3v) is 3.48. The smallest absolute Gasteiger partial charge is 0.271 e. The van der Waals surface area contributed by atoms with Gasteiger partial charge in [0.15, 0.2) is 0 Å². The van der Waals surface area contributed by atoms with Crippen molar-refractivity contribution in [2.24, 2.45) is 0 Å². The molecule has 0 radical (unpaired) electrons. The molecule has 2 amide bonds. The highest BCUT2D eigenvalue weighted by Crippen LogP contribution is 2.17. The van der Waals surface area contributed by atoms with Gasteiger partial charge in [-0.1, -0.05) is 12.1 Å². The Hall–Kier alpha value is -3.62. The van der Waals surface area contributed by atoms with Crippen molar-refractivity contribution in [2.75, 3.05) is 5.32 Å². The highest BCUT2D eigenvalue weighted by molar-refractivity contribution is 6.08. The van der Waals surface area contributed by atoms with E-state index >= 15 is 0 Å². The predicted molar refractivity (Wildman–Crippen MR) is 90.4 cm³/mol. The summed E-state index contributed by atoms with van der Waals surface area (Å²) in [5, 5.41) is 11.0. The molecule has 2 aromatic heterocycles. The van der Waals surface area contributed by atoms with E-state index in [2.05, 4.69) is 25.8 Å². The molecule has 0 saturated heterocycles. The van der Waals surface area contributed by atoms with Crippen LogP contribution < -0.4 is 10.6 Å². The Morgan fingerprint density at radius 2 is 1.85 bits per heavy atom. The standard InChI is InChI=1S/C17H13F2N5O2.H2/c18-11-4-1-5-12(19)14(11)16(25)23-13-9-22-24-15(13)17(26)21-8-10-3-2-6-20-7-10;/h1-7,9H,8H2,(H,21,26)(H,22,24)(H,23,25);1H. The van der Waals surface area contributed by atoms with Gasteiger partial charge in [-0.15, -0.1) is 0 Å². The van der Waals surface area contributed by atoms with E-state index in [9.17, 15) is 18.4 Å². The lowest BCUT2D eigenvalue weighted by molar-refractivity contribution is 0.0946. The number of carbonyl (C=O) groups excluding carboxylic acids is 2. The van der Waals surface area contributed by atoms with E-state index in [1.54, 1.807) is 24.5 Å². The Balaban J connectivity index is 0.00000261. The number of aromatic nitrogens is 3. The third kappa shape index (κ3) is 3.72. The van der Waals surface area contributed by atoms with Crippen LogP contribution in [0.25, 0.3) is 0 Å². The van der Waals surface area contributed by atoms with Gasteiger partial charge in [0.1, 0.15) is 22.9 Å². The summed E-state index contributed by atoms with van der Waals surface area (Å²) in [4.78, 5) is 28.3. The molecule has 0 atom stereocenters. The van der Waals surface area contributed by atoms with Crippen molar-refractivity contribution >= 4 is 17.5 Å². The molecule has 0 spiro atoms. The van der Waals surface area contributed by atoms with Gasteiger partial charge in [0.2, 0.25) is 0 Å². The fourth-order valence-corrected chi connectivity index (χ4v) is 2.23. The molecule has 0 fully saturated rings. The fraction of sp³-hybridized carbons (Fsp3) is 0.0588. The molecule has 2 heterocycles. The van der Waals surface area contributed by atoms with Gasteiger partial charge in [-0.2, -0.15) is 5.10 Å². The van der Waals surface area contributed by atoms with E-state index in [-0.39, 0.29) is 19.4 Å². The van der Waals surface area contributed by atoms with E-state index in [1.165, 1.54) is 6.20 Å². The average molecular weight is 359 g/mol. The normalized spacial score (nSPS) is 10.4. The number of nitrogens with one attached hydrogen (secondary N) is 3. The van der Waals surface area contributed by atoms with Crippen molar-refractivity contribution in [1.29, 1.82) is 0 Å². The Morgan fingerprint density at radius 3 is 2.54 bits per heavy atom. The van der Waals surface area contributed by atoms with Crippen LogP contribution in [0.2, 0.25) is 0 Å². The molecule has 3 rings (SSSR count). The Labute approximate surface area is 147 Å². The molecule has 134 valence electrons. The minimum atomic E-state index is -1.02. The second-order valence-electron chi connectivity index (χ2n) is 5.25. The highest BCUT2D eigenvalue weighted by Gasteiger charge is 2.21. The fourth-order valence-electron chi connectivity index (χ4n) is 2.23. The monoisotopic (exact) mass is 359 g/mol. The van der Waals surface area contributed by atoms with Crippen LogP contribution >= 0.6 is 0 Å². The van der Waals surface area contributed by atoms with Gasteiger partial charge in [-0.3, -0.25) is 19.7 Å². The molecule has 0 bridgehead atoms. The van der Waals surface area contributed by atoms with Crippen LogP contribution in [0, 0.1) is 11.6 Å². The topological polar surface area (TPSA) is 99.8 Å². The minimum absolute atomic E-state index is 0. The summed E-state index contributed by atoms with van der Waals surface area (Å²) in [5.74, 6) is -3.58. The van der Waals surface area contributed by atoms with E-state index in [0.29, 0.717) is 0 Å². The molecular formula is C17H15F2N5O2. The number of benzene rings is 1. The Kier molecular flexibility index (Phi) is 4.97. The van der Waals surface area contributed by atoms with Crippen molar-refractivity contribution in [2.45, 2.75) is 6.54 Å². The quantitative estimate of drug-likeness (QED) is 0.652. The number of rotatable bonds is 5. The number of aromatic amines is 1. The third-order valence-electron chi connectivity index (χ3n) is 3.48. The van der Waals surface area contributed by atoms with Crippen LogP contribution in [-0.4, -0.2) is 27.0 Å². The van der Waals surface area contributed by atoms with Crippen molar-refractivity contribution in [3.63, 3.8) is 0 Å². The zero-order valence-electron chi connectivity index (χ0n) is 13.3. The number of halogens is 2. The predicted octanol–water partition coefficient (Wildman–Crippen LogP) is 2.51. The summed E-state index contributed by atoms with van der Waals surface area (Å²) in [6, 6.07) is 6.59. The SMILES string of the molecule is O=C(NCc1cccnc1)c1[nH]ncc1NC(=O)c1c(F)cccc1F.[HH]. The lowest BCUT2D eigenvalue weighted by Crippen LogP contribution is -2.25. The number of hydrogen-bond donors (Lipinski definition) is 3. The van der Waals surface area contributed by atoms with E-state index < -0.39 is 29.0 Å².